The lowest BCUT2D eigenvalue weighted by Gasteiger charge is -2.21. The number of ether oxygens (including phenoxy) is 1. The second kappa shape index (κ2) is 10.2. The quantitative estimate of drug-likeness (QED) is 0.646. The minimum atomic E-state index is -0.586. The fraction of sp³-hybridized carbons (Fsp3) is 0.364. The van der Waals surface area contributed by atoms with Gasteiger partial charge in [-0.15, -0.1) is 0 Å². The second-order valence-electron chi connectivity index (χ2n) is 7.05. The summed E-state index contributed by atoms with van der Waals surface area (Å²) in [6.45, 7) is 0.731. The van der Waals surface area contributed by atoms with Crippen molar-refractivity contribution >= 4 is 28.9 Å². The molecule has 1 saturated carbocycles. The predicted octanol–water partition coefficient (Wildman–Crippen LogP) is 5.30. The Bertz CT molecular complexity index is 804. The lowest BCUT2D eigenvalue weighted by Crippen LogP contribution is -2.34. The zero-order valence-corrected chi connectivity index (χ0v) is 16.6. The molecule has 3 rings (SSSR count). The van der Waals surface area contributed by atoms with Gasteiger partial charge in [0.15, 0.2) is 5.11 Å². The van der Waals surface area contributed by atoms with Gasteiger partial charge in [-0.1, -0.05) is 44.2 Å². The van der Waals surface area contributed by atoms with E-state index in [0.29, 0.717) is 0 Å². The van der Waals surface area contributed by atoms with E-state index in [0.717, 1.165) is 30.4 Å². The lowest BCUT2D eigenvalue weighted by atomic mass is 9.87. The molecule has 28 heavy (non-hydrogen) atoms. The van der Waals surface area contributed by atoms with E-state index in [1.807, 2.05) is 24.3 Å². The SMILES string of the molecule is O=C(NC(=S)Nc1ccc(OCCC2CCCCC2)cc1)c1ccccc1F. The van der Waals surface area contributed by atoms with Gasteiger partial charge in [0.2, 0.25) is 0 Å². The molecule has 0 heterocycles. The van der Waals surface area contributed by atoms with Gasteiger partial charge in [0.05, 0.1) is 12.2 Å². The summed E-state index contributed by atoms with van der Waals surface area (Å²) in [7, 11) is 0. The molecule has 1 fully saturated rings. The van der Waals surface area contributed by atoms with Crippen LogP contribution in [0.15, 0.2) is 48.5 Å². The maximum atomic E-state index is 13.6. The number of amides is 1. The molecule has 4 nitrogen and oxygen atoms in total. The van der Waals surface area contributed by atoms with Crippen LogP contribution in [-0.2, 0) is 0 Å². The van der Waals surface area contributed by atoms with Crippen molar-refractivity contribution in [3.8, 4) is 5.75 Å². The van der Waals surface area contributed by atoms with Crippen molar-refractivity contribution in [3.63, 3.8) is 0 Å². The van der Waals surface area contributed by atoms with Crippen molar-refractivity contribution in [1.82, 2.24) is 5.32 Å². The van der Waals surface area contributed by atoms with Gasteiger partial charge in [0.1, 0.15) is 11.6 Å². The Morgan fingerprint density at radius 1 is 1.07 bits per heavy atom. The van der Waals surface area contributed by atoms with Crippen molar-refractivity contribution in [2.24, 2.45) is 5.92 Å². The summed E-state index contributed by atoms with van der Waals surface area (Å²) in [5, 5.41) is 5.51. The van der Waals surface area contributed by atoms with Crippen LogP contribution in [0.5, 0.6) is 5.75 Å². The third-order valence-corrected chi connectivity index (χ3v) is 5.18. The summed E-state index contributed by atoms with van der Waals surface area (Å²) >= 11 is 5.13. The van der Waals surface area contributed by atoms with Gasteiger partial charge in [-0.2, -0.15) is 0 Å². The van der Waals surface area contributed by atoms with Crippen LogP contribution in [0, 0.1) is 11.7 Å². The highest BCUT2D eigenvalue weighted by Gasteiger charge is 2.14. The number of hydrogen-bond acceptors (Lipinski definition) is 3. The number of carbonyl (C=O) groups is 1. The molecule has 0 aliphatic heterocycles. The molecule has 0 atom stereocenters. The van der Waals surface area contributed by atoms with Crippen LogP contribution in [0.2, 0.25) is 0 Å². The summed E-state index contributed by atoms with van der Waals surface area (Å²) in [5.74, 6) is 0.434. The topological polar surface area (TPSA) is 50.4 Å². The molecule has 148 valence electrons. The normalized spacial score (nSPS) is 14.3. The van der Waals surface area contributed by atoms with Crippen LogP contribution in [0.1, 0.15) is 48.9 Å². The van der Waals surface area contributed by atoms with Gasteiger partial charge in [-0.05, 0) is 61.0 Å². The standard InChI is InChI=1S/C22H25FN2O2S/c23-20-9-5-4-8-19(20)21(26)25-22(28)24-17-10-12-18(13-11-17)27-15-14-16-6-2-1-3-7-16/h4-5,8-13,16H,1-3,6-7,14-15H2,(H2,24,25,26,28). The van der Waals surface area contributed by atoms with Gasteiger partial charge in [-0.3, -0.25) is 10.1 Å². The average molecular weight is 401 g/mol. The van der Waals surface area contributed by atoms with Gasteiger partial charge in [0.25, 0.3) is 5.91 Å². The molecule has 0 radical (unpaired) electrons. The molecule has 1 aliphatic rings. The van der Waals surface area contributed by atoms with Gasteiger partial charge >= 0.3 is 0 Å². The molecule has 2 N–H and O–H groups in total. The largest absolute Gasteiger partial charge is 0.494 e. The van der Waals surface area contributed by atoms with Crippen LogP contribution in [0.25, 0.3) is 0 Å². The van der Waals surface area contributed by atoms with E-state index in [2.05, 4.69) is 10.6 Å². The van der Waals surface area contributed by atoms with E-state index in [4.69, 9.17) is 17.0 Å². The molecular formula is C22H25FN2O2S. The van der Waals surface area contributed by atoms with E-state index in [1.54, 1.807) is 6.07 Å². The third kappa shape index (κ3) is 6.02. The summed E-state index contributed by atoms with van der Waals surface area (Å²) in [6, 6.07) is 13.2. The van der Waals surface area contributed by atoms with Crippen LogP contribution in [0.3, 0.4) is 0 Å². The zero-order valence-electron chi connectivity index (χ0n) is 15.7. The molecule has 0 bridgehead atoms. The molecule has 0 aromatic heterocycles. The minimum Gasteiger partial charge on any atom is -0.494 e. The first-order valence-corrected chi connectivity index (χ1v) is 10.1. The van der Waals surface area contributed by atoms with Crippen LogP contribution >= 0.6 is 12.2 Å². The number of halogens is 1. The first-order valence-electron chi connectivity index (χ1n) is 9.71. The van der Waals surface area contributed by atoms with E-state index in [1.165, 1.54) is 50.3 Å². The molecule has 1 aliphatic carbocycles. The third-order valence-electron chi connectivity index (χ3n) is 4.98. The smallest absolute Gasteiger partial charge is 0.260 e. The van der Waals surface area contributed by atoms with Crippen molar-refractivity contribution in [3.05, 3.63) is 59.9 Å². The molecule has 2 aromatic rings. The summed E-state index contributed by atoms with van der Waals surface area (Å²) in [6.07, 6.45) is 7.81. The van der Waals surface area contributed by atoms with E-state index >= 15 is 0 Å². The predicted molar refractivity (Wildman–Crippen MR) is 113 cm³/mol. The maximum absolute atomic E-state index is 13.6. The summed E-state index contributed by atoms with van der Waals surface area (Å²) < 4.78 is 19.5. The van der Waals surface area contributed by atoms with Crippen molar-refractivity contribution in [2.45, 2.75) is 38.5 Å². The molecule has 2 aromatic carbocycles. The number of thiocarbonyl (C=S) groups is 1. The fourth-order valence-electron chi connectivity index (χ4n) is 3.43. The molecule has 1 amide bonds. The Morgan fingerprint density at radius 2 is 1.79 bits per heavy atom. The van der Waals surface area contributed by atoms with Crippen molar-refractivity contribution in [2.75, 3.05) is 11.9 Å². The summed E-state index contributed by atoms with van der Waals surface area (Å²) in [5.41, 5.74) is 0.673. The Morgan fingerprint density at radius 3 is 2.50 bits per heavy atom. The molecule has 0 saturated heterocycles. The van der Waals surface area contributed by atoms with Gasteiger partial charge < -0.3 is 10.1 Å². The number of hydrogen-bond donors (Lipinski definition) is 2. The van der Waals surface area contributed by atoms with Gasteiger partial charge in [0, 0.05) is 5.69 Å². The fourth-order valence-corrected chi connectivity index (χ4v) is 3.64. The minimum absolute atomic E-state index is 0.0478. The van der Waals surface area contributed by atoms with Crippen molar-refractivity contribution in [1.29, 1.82) is 0 Å². The molecular weight excluding hydrogens is 375 g/mol. The van der Waals surface area contributed by atoms with E-state index in [9.17, 15) is 9.18 Å². The number of rotatable bonds is 6. The first kappa shape index (κ1) is 20.3. The van der Waals surface area contributed by atoms with Crippen LogP contribution in [0.4, 0.5) is 10.1 Å². The maximum Gasteiger partial charge on any atom is 0.260 e. The second-order valence-corrected chi connectivity index (χ2v) is 7.46. The van der Waals surface area contributed by atoms with E-state index < -0.39 is 11.7 Å². The number of carbonyl (C=O) groups excluding carboxylic acids is 1. The Balaban J connectivity index is 1.43. The lowest BCUT2D eigenvalue weighted by molar-refractivity contribution is 0.0974. The number of benzene rings is 2. The highest BCUT2D eigenvalue weighted by atomic mass is 32.1. The first-order chi connectivity index (χ1) is 13.6. The van der Waals surface area contributed by atoms with Crippen molar-refractivity contribution < 1.29 is 13.9 Å². The Labute approximate surface area is 170 Å². The highest BCUT2D eigenvalue weighted by Crippen LogP contribution is 2.26. The summed E-state index contributed by atoms with van der Waals surface area (Å²) in [4.78, 5) is 12.1. The molecule has 0 unspecified atom stereocenters. The Hall–Kier alpha value is -2.47. The Kier molecular flexibility index (Phi) is 7.37. The van der Waals surface area contributed by atoms with E-state index in [-0.39, 0.29) is 10.7 Å². The van der Waals surface area contributed by atoms with Crippen LogP contribution < -0.4 is 15.4 Å². The average Bonchev–Trinajstić information content (AvgIpc) is 2.70. The van der Waals surface area contributed by atoms with Crippen LogP contribution in [-0.4, -0.2) is 17.6 Å². The molecule has 6 heteroatoms. The molecule has 0 spiro atoms. The highest BCUT2D eigenvalue weighted by molar-refractivity contribution is 7.80. The number of anilines is 1. The van der Waals surface area contributed by atoms with Gasteiger partial charge in [-0.25, -0.2) is 4.39 Å². The monoisotopic (exact) mass is 400 g/mol. The zero-order chi connectivity index (χ0) is 19.8. The number of nitrogens with one attached hydrogen (secondary N) is 2.